The van der Waals surface area contributed by atoms with E-state index >= 15 is 0 Å². The zero-order valence-corrected chi connectivity index (χ0v) is 16.1. The van der Waals surface area contributed by atoms with Crippen LogP contribution in [0.4, 0.5) is 0 Å². The average molecular weight is 376 g/mol. The Kier molecular flexibility index (Phi) is 3.98. The normalized spacial score (nSPS) is 26.3. The molecule has 1 aliphatic carbocycles. The summed E-state index contributed by atoms with van der Waals surface area (Å²) in [5.74, 6) is 0. The molecule has 2 aromatic carbocycles. The van der Waals surface area contributed by atoms with Gasteiger partial charge in [0.25, 0.3) is 0 Å². The zero-order chi connectivity index (χ0) is 17.8. The first kappa shape index (κ1) is 17.1. The molecule has 2 bridgehead atoms. The fraction of sp³-hybridized carbons (Fsp3) is 0.400. The van der Waals surface area contributed by atoms with Gasteiger partial charge in [-0.3, -0.25) is 0 Å². The minimum absolute atomic E-state index is 0.00243. The summed E-state index contributed by atoms with van der Waals surface area (Å²) in [5.41, 5.74) is 3.59. The van der Waals surface area contributed by atoms with Gasteiger partial charge in [-0.15, -0.1) is 0 Å². The third-order valence-corrected chi connectivity index (χ3v) is 7.98. The van der Waals surface area contributed by atoms with E-state index in [-0.39, 0.29) is 11.5 Å². The van der Waals surface area contributed by atoms with Crippen molar-refractivity contribution in [3.05, 3.63) is 64.2 Å². The molecule has 4 rings (SSSR count). The first-order valence-electron chi connectivity index (χ1n) is 8.67. The molecule has 0 radical (unpaired) electrons. The quantitative estimate of drug-likeness (QED) is 0.784. The second-order valence-electron chi connectivity index (χ2n) is 7.60. The fourth-order valence-corrected chi connectivity index (χ4v) is 6.18. The van der Waals surface area contributed by atoms with Crippen molar-refractivity contribution in [3.8, 4) is 0 Å². The van der Waals surface area contributed by atoms with Crippen LogP contribution in [0.3, 0.4) is 0 Å². The predicted molar refractivity (Wildman–Crippen MR) is 101 cm³/mol. The van der Waals surface area contributed by atoms with Crippen LogP contribution in [0.5, 0.6) is 0 Å². The van der Waals surface area contributed by atoms with Crippen molar-refractivity contribution in [2.75, 3.05) is 6.54 Å². The van der Waals surface area contributed by atoms with E-state index in [9.17, 15) is 8.42 Å². The number of rotatable bonds is 2. The van der Waals surface area contributed by atoms with Gasteiger partial charge in [0.1, 0.15) is 0 Å². The Balaban J connectivity index is 1.72. The molecular weight excluding hydrogens is 354 g/mol. The van der Waals surface area contributed by atoms with Gasteiger partial charge in [-0.2, -0.15) is 4.31 Å². The van der Waals surface area contributed by atoms with Crippen molar-refractivity contribution in [3.63, 3.8) is 0 Å². The highest BCUT2D eigenvalue weighted by Crippen LogP contribution is 2.46. The number of hydrogen-bond acceptors (Lipinski definition) is 2. The van der Waals surface area contributed by atoms with Gasteiger partial charge in [0.2, 0.25) is 10.0 Å². The molecule has 3 nitrogen and oxygen atoms in total. The molecule has 0 spiro atoms. The number of fused-ring (bicyclic) bond motifs is 4. The standard InChI is InChI=1S/C20H22ClNO2S/c1-14-3-7-18(8-4-14)25(23,24)22-10-9-20(2)13-17(22)11-15-5-6-16(21)12-19(15)20/h3-8,12,17H,9-11,13H2,1-2H3/t17-,20-/m0/s1. The first-order chi connectivity index (χ1) is 11.8. The minimum atomic E-state index is -3.46. The molecule has 0 N–H and O–H groups in total. The molecule has 0 aromatic heterocycles. The molecule has 1 aliphatic heterocycles. The van der Waals surface area contributed by atoms with Crippen molar-refractivity contribution >= 4 is 21.6 Å². The molecule has 1 fully saturated rings. The van der Waals surface area contributed by atoms with E-state index in [1.807, 2.05) is 25.1 Å². The lowest BCUT2D eigenvalue weighted by atomic mass is 9.66. The fourth-order valence-electron chi connectivity index (χ4n) is 4.39. The van der Waals surface area contributed by atoms with Gasteiger partial charge < -0.3 is 0 Å². The van der Waals surface area contributed by atoms with Crippen LogP contribution in [0.1, 0.15) is 36.5 Å². The van der Waals surface area contributed by atoms with E-state index < -0.39 is 10.0 Å². The van der Waals surface area contributed by atoms with Crippen molar-refractivity contribution in [2.24, 2.45) is 0 Å². The van der Waals surface area contributed by atoms with E-state index in [4.69, 9.17) is 11.6 Å². The third kappa shape index (κ3) is 2.80. The predicted octanol–water partition coefficient (Wildman–Crippen LogP) is 4.32. The van der Waals surface area contributed by atoms with Crippen LogP contribution in [-0.4, -0.2) is 25.3 Å². The number of hydrogen-bond donors (Lipinski definition) is 0. The van der Waals surface area contributed by atoms with E-state index in [2.05, 4.69) is 19.1 Å². The molecule has 0 amide bonds. The Morgan fingerprint density at radius 1 is 1.16 bits per heavy atom. The van der Waals surface area contributed by atoms with Crippen LogP contribution in [0.2, 0.25) is 5.02 Å². The van der Waals surface area contributed by atoms with E-state index in [1.54, 1.807) is 16.4 Å². The number of benzene rings is 2. The van der Waals surface area contributed by atoms with E-state index in [0.29, 0.717) is 11.4 Å². The smallest absolute Gasteiger partial charge is 0.207 e. The van der Waals surface area contributed by atoms with Crippen LogP contribution in [0.25, 0.3) is 0 Å². The van der Waals surface area contributed by atoms with Gasteiger partial charge >= 0.3 is 0 Å². The van der Waals surface area contributed by atoms with Crippen molar-refractivity contribution in [1.29, 1.82) is 0 Å². The molecule has 1 heterocycles. The summed E-state index contributed by atoms with van der Waals surface area (Å²) in [6, 6.07) is 13.2. The summed E-state index contributed by atoms with van der Waals surface area (Å²) in [4.78, 5) is 0.392. The second kappa shape index (κ2) is 5.83. The maximum Gasteiger partial charge on any atom is 0.243 e. The first-order valence-corrected chi connectivity index (χ1v) is 10.5. The molecule has 1 saturated heterocycles. The van der Waals surface area contributed by atoms with Crippen molar-refractivity contribution in [2.45, 2.75) is 49.5 Å². The summed E-state index contributed by atoms with van der Waals surface area (Å²) >= 11 is 6.20. The highest BCUT2D eigenvalue weighted by atomic mass is 35.5. The van der Waals surface area contributed by atoms with Crippen LogP contribution < -0.4 is 0 Å². The highest BCUT2D eigenvalue weighted by Gasteiger charge is 2.46. The van der Waals surface area contributed by atoms with Gasteiger partial charge in [-0.1, -0.05) is 42.3 Å². The van der Waals surface area contributed by atoms with Crippen LogP contribution in [-0.2, 0) is 21.9 Å². The highest BCUT2D eigenvalue weighted by molar-refractivity contribution is 7.89. The second-order valence-corrected chi connectivity index (χ2v) is 9.93. The SMILES string of the molecule is Cc1ccc(S(=O)(=O)N2CC[C@@]3(C)C[C@@H]2Cc2ccc(Cl)cc23)cc1. The van der Waals surface area contributed by atoms with E-state index in [0.717, 1.165) is 29.8 Å². The molecule has 0 unspecified atom stereocenters. The van der Waals surface area contributed by atoms with Crippen LogP contribution in [0.15, 0.2) is 47.4 Å². The lowest BCUT2D eigenvalue weighted by molar-refractivity contribution is 0.161. The average Bonchev–Trinajstić information content (AvgIpc) is 2.56. The molecular formula is C20H22ClNO2S. The van der Waals surface area contributed by atoms with Crippen molar-refractivity contribution < 1.29 is 8.42 Å². The van der Waals surface area contributed by atoms with Gasteiger partial charge in [0, 0.05) is 17.6 Å². The van der Waals surface area contributed by atoms with Gasteiger partial charge in [-0.25, -0.2) is 8.42 Å². The minimum Gasteiger partial charge on any atom is -0.207 e. The largest absolute Gasteiger partial charge is 0.243 e. The number of halogens is 1. The van der Waals surface area contributed by atoms with Crippen LogP contribution >= 0.6 is 11.6 Å². The maximum atomic E-state index is 13.2. The molecule has 2 aromatic rings. The lowest BCUT2D eigenvalue weighted by Gasteiger charge is -2.49. The monoisotopic (exact) mass is 375 g/mol. The molecule has 2 aliphatic rings. The topological polar surface area (TPSA) is 37.4 Å². The number of aryl methyl sites for hydroxylation is 1. The third-order valence-electron chi connectivity index (χ3n) is 5.78. The van der Waals surface area contributed by atoms with Crippen molar-refractivity contribution in [1.82, 2.24) is 4.31 Å². The number of piperidine rings is 1. The molecule has 25 heavy (non-hydrogen) atoms. The molecule has 132 valence electrons. The lowest BCUT2D eigenvalue weighted by Crippen LogP contribution is -2.53. The van der Waals surface area contributed by atoms with Gasteiger partial charge in [0.05, 0.1) is 4.90 Å². The Hall–Kier alpha value is -1.36. The number of sulfonamides is 1. The Labute approximate surface area is 154 Å². The Morgan fingerprint density at radius 2 is 1.88 bits per heavy atom. The summed E-state index contributed by atoms with van der Waals surface area (Å²) in [6.07, 6.45) is 2.43. The Morgan fingerprint density at radius 3 is 2.60 bits per heavy atom. The van der Waals surface area contributed by atoms with Gasteiger partial charge in [-0.05, 0) is 67.0 Å². The summed E-state index contributed by atoms with van der Waals surface area (Å²) in [5, 5.41) is 0.758. The number of nitrogens with zero attached hydrogens (tertiary/aromatic N) is 1. The zero-order valence-electron chi connectivity index (χ0n) is 14.5. The molecule has 5 heteroatoms. The van der Waals surface area contributed by atoms with E-state index in [1.165, 1.54) is 11.1 Å². The summed E-state index contributed by atoms with van der Waals surface area (Å²) < 4.78 is 28.1. The summed E-state index contributed by atoms with van der Waals surface area (Å²) in [7, 11) is -3.46. The Bertz CT molecular complexity index is 923. The molecule has 2 atom stereocenters. The maximum absolute atomic E-state index is 13.2. The molecule has 0 saturated carbocycles. The van der Waals surface area contributed by atoms with Crippen LogP contribution in [0, 0.1) is 6.92 Å². The van der Waals surface area contributed by atoms with Gasteiger partial charge in [0.15, 0.2) is 0 Å². The summed E-state index contributed by atoms with van der Waals surface area (Å²) in [6.45, 7) is 4.76.